The Morgan fingerprint density at radius 1 is 1.17 bits per heavy atom. The number of carbonyl (C=O) groups is 3. The Balaban J connectivity index is 1.54. The highest BCUT2D eigenvalue weighted by molar-refractivity contribution is 6.07. The summed E-state index contributed by atoms with van der Waals surface area (Å²) in [7, 11) is 0. The molecule has 1 aromatic carbocycles. The second-order valence-electron chi connectivity index (χ2n) is 7.24. The van der Waals surface area contributed by atoms with E-state index in [0.717, 1.165) is 17.7 Å². The molecule has 2 N–H and O–H groups in total. The lowest BCUT2D eigenvalue weighted by Crippen LogP contribution is -2.44. The minimum atomic E-state index is -4.67. The van der Waals surface area contributed by atoms with Gasteiger partial charge < -0.3 is 10.6 Å². The molecular formula is C20H22F3N3O3. The van der Waals surface area contributed by atoms with Crippen molar-refractivity contribution in [3.05, 3.63) is 42.0 Å². The van der Waals surface area contributed by atoms with Crippen LogP contribution >= 0.6 is 0 Å². The Hall–Kier alpha value is -2.84. The SMILES string of the molecule is O=C(/C=C(\c1ccccc1)C(F)(F)F)NCCCN1C(=O)NC2(CCCC2)C1=O. The Morgan fingerprint density at radius 2 is 1.83 bits per heavy atom. The summed E-state index contributed by atoms with van der Waals surface area (Å²) in [5, 5.41) is 5.14. The maximum Gasteiger partial charge on any atom is 0.417 e. The summed E-state index contributed by atoms with van der Waals surface area (Å²) in [5.41, 5.74) is -1.93. The van der Waals surface area contributed by atoms with Gasteiger partial charge in [0.05, 0.1) is 5.57 Å². The van der Waals surface area contributed by atoms with E-state index < -0.39 is 29.2 Å². The van der Waals surface area contributed by atoms with Gasteiger partial charge in [-0.1, -0.05) is 43.2 Å². The Kier molecular flexibility index (Phi) is 5.95. The number of nitrogens with one attached hydrogen (secondary N) is 2. The molecule has 0 unspecified atom stereocenters. The van der Waals surface area contributed by atoms with Crippen LogP contribution in [0.25, 0.3) is 5.57 Å². The minimum Gasteiger partial charge on any atom is -0.352 e. The third kappa shape index (κ3) is 4.60. The summed E-state index contributed by atoms with van der Waals surface area (Å²) < 4.78 is 39.8. The number of allylic oxidation sites excluding steroid dienone is 1. The van der Waals surface area contributed by atoms with Gasteiger partial charge in [-0.15, -0.1) is 0 Å². The fourth-order valence-corrected chi connectivity index (χ4v) is 3.77. The average Bonchev–Trinajstić information content (AvgIpc) is 3.23. The van der Waals surface area contributed by atoms with Crippen molar-refractivity contribution in [2.45, 2.75) is 43.8 Å². The highest BCUT2D eigenvalue weighted by atomic mass is 19.4. The van der Waals surface area contributed by atoms with Crippen LogP contribution in [0.2, 0.25) is 0 Å². The van der Waals surface area contributed by atoms with Crippen LogP contribution in [-0.4, -0.2) is 47.6 Å². The average molecular weight is 409 g/mol. The summed E-state index contributed by atoms with van der Waals surface area (Å²) in [6.45, 7) is 0.139. The summed E-state index contributed by atoms with van der Waals surface area (Å²) in [6.07, 6.45) is -0.895. The van der Waals surface area contributed by atoms with E-state index in [1.165, 1.54) is 24.3 Å². The maximum absolute atomic E-state index is 13.3. The zero-order chi connectivity index (χ0) is 21.1. The van der Waals surface area contributed by atoms with Gasteiger partial charge >= 0.3 is 12.2 Å². The van der Waals surface area contributed by atoms with Crippen LogP contribution in [0.3, 0.4) is 0 Å². The second-order valence-corrected chi connectivity index (χ2v) is 7.24. The van der Waals surface area contributed by atoms with Crippen molar-refractivity contribution < 1.29 is 27.6 Å². The van der Waals surface area contributed by atoms with Gasteiger partial charge in [0.15, 0.2) is 0 Å². The van der Waals surface area contributed by atoms with Gasteiger partial charge in [-0.05, 0) is 24.8 Å². The van der Waals surface area contributed by atoms with Crippen LogP contribution in [0.5, 0.6) is 0 Å². The monoisotopic (exact) mass is 409 g/mol. The molecule has 0 aromatic heterocycles. The van der Waals surface area contributed by atoms with Crippen molar-refractivity contribution in [3.63, 3.8) is 0 Å². The molecule has 1 aliphatic carbocycles. The molecule has 1 heterocycles. The zero-order valence-corrected chi connectivity index (χ0v) is 15.7. The first kappa shape index (κ1) is 20.9. The number of nitrogens with zero attached hydrogens (tertiary/aromatic N) is 1. The standard InChI is InChI=1S/C20H22F3N3O3/c21-20(22,23)15(14-7-2-1-3-8-14)13-16(27)24-11-6-12-26-17(28)19(25-18(26)29)9-4-5-10-19/h1-3,7-8,13H,4-6,9-12H2,(H,24,27)(H,25,29)/b15-13+. The number of hydrogen-bond acceptors (Lipinski definition) is 3. The largest absolute Gasteiger partial charge is 0.417 e. The highest BCUT2D eigenvalue weighted by Crippen LogP contribution is 2.35. The second kappa shape index (κ2) is 8.26. The van der Waals surface area contributed by atoms with Gasteiger partial charge in [0.1, 0.15) is 5.54 Å². The summed E-state index contributed by atoms with van der Waals surface area (Å²) in [6, 6.07) is 6.62. The summed E-state index contributed by atoms with van der Waals surface area (Å²) in [4.78, 5) is 37.6. The van der Waals surface area contributed by atoms with Crippen molar-refractivity contribution in [2.24, 2.45) is 0 Å². The summed E-state index contributed by atoms with van der Waals surface area (Å²) >= 11 is 0. The van der Waals surface area contributed by atoms with Gasteiger partial charge in [-0.25, -0.2) is 4.79 Å². The number of alkyl halides is 3. The number of urea groups is 1. The molecular weight excluding hydrogens is 387 g/mol. The number of hydrogen-bond donors (Lipinski definition) is 2. The van der Waals surface area contributed by atoms with E-state index >= 15 is 0 Å². The lowest BCUT2D eigenvalue weighted by molar-refractivity contribution is -0.131. The van der Waals surface area contributed by atoms with Crippen LogP contribution in [0.1, 0.15) is 37.7 Å². The fraction of sp³-hybridized carbons (Fsp3) is 0.450. The van der Waals surface area contributed by atoms with Gasteiger partial charge in [-0.3, -0.25) is 14.5 Å². The molecule has 2 fully saturated rings. The molecule has 4 amide bonds. The molecule has 2 aliphatic rings. The topological polar surface area (TPSA) is 78.5 Å². The molecule has 9 heteroatoms. The number of amides is 4. The first-order chi connectivity index (χ1) is 13.7. The van der Waals surface area contributed by atoms with Crippen molar-refractivity contribution in [1.82, 2.24) is 15.5 Å². The molecule has 0 radical (unpaired) electrons. The smallest absolute Gasteiger partial charge is 0.352 e. The Morgan fingerprint density at radius 3 is 2.45 bits per heavy atom. The van der Waals surface area contributed by atoms with E-state index in [1.807, 2.05) is 0 Å². The molecule has 156 valence electrons. The minimum absolute atomic E-state index is 0.0410. The molecule has 6 nitrogen and oxygen atoms in total. The maximum atomic E-state index is 13.3. The third-order valence-electron chi connectivity index (χ3n) is 5.23. The van der Waals surface area contributed by atoms with Crippen molar-refractivity contribution in [3.8, 4) is 0 Å². The normalized spacial score (nSPS) is 19.0. The first-order valence-electron chi connectivity index (χ1n) is 9.49. The first-order valence-corrected chi connectivity index (χ1v) is 9.49. The fourth-order valence-electron chi connectivity index (χ4n) is 3.77. The van der Waals surface area contributed by atoms with Gasteiger partial charge in [0.2, 0.25) is 5.91 Å². The summed E-state index contributed by atoms with van der Waals surface area (Å²) in [5.74, 6) is -1.14. The molecule has 1 saturated carbocycles. The van der Waals surface area contributed by atoms with Gasteiger partial charge in [0, 0.05) is 19.2 Å². The van der Waals surface area contributed by atoms with E-state index in [4.69, 9.17) is 0 Å². The molecule has 1 saturated heterocycles. The van der Waals surface area contributed by atoms with E-state index in [9.17, 15) is 27.6 Å². The molecule has 1 aromatic rings. The number of carbonyl (C=O) groups excluding carboxylic acids is 3. The molecule has 29 heavy (non-hydrogen) atoms. The number of rotatable bonds is 6. The van der Waals surface area contributed by atoms with E-state index in [2.05, 4.69) is 10.6 Å². The predicted octanol–water partition coefficient (Wildman–Crippen LogP) is 3.00. The van der Waals surface area contributed by atoms with Gasteiger partial charge in [0.25, 0.3) is 5.91 Å². The number of imide groups is 1. The molecule has 1 aliphatic heterocycles. The zero-order valence-electron chi connectivity index (χ0n) is 15.7. The Bertz CT molecular complexity index is 815. The highest BCUT2D eigenvalue weighted by Gasteiger charge is 2.52. The molecule has 3 rings (SSSR count). The molecule has 1 spiro atoms. The predicted molar refractivity (Wildman–Crippen MR) is 99.5 cm³/mol. The van der Waals surface area contributed by atoms with Crippen molar-refractivity contribution >= 4 is 23.4 Å². The van der Waals surface area contributed by atoms with E-state index in [-0.39, 0.29) is 31.0 Å². The van der Waals surface area contributed by atoms with Crippen molar-refractivity contribution in [2.75, 3.05) is 13.1 Å². The Labute approximate surface area is 166 Å². The lowest BCUT2D eigenvalue weighted by atomic mass is 9.98. The van der Waals surface area contributed by atoms with Crippen LogP contribution in [-0.2, 0) is 9.59 Å². The van der Waals surface area contributed by atoms with E-state index in [0.29, 0.717) is 18.9 Å². The molecule has 0 atom stereocenters. The number of benzene rings is 1. The van der Waals surface area contributed by atoms with E-state index in [1.54, 1.807) is 6.07 Å². The van der Waals surface area contributed by atoms with Crippen LogP contribution in [0.15, 0.2) is 36.4 Å². The van der Waals surface area contributed by atoms with Crippen LogP contribution in [0.4, 0.5) is 18.0 Å². The quantitative estimate of drug-likeness (QED) is 0.431. The molecule has 0 bridgehead atoms. The third-order valence-corrected chi connectivity index (χ3v) is 5.23. The van der Waals surface area contributed by atoms with Crippen LogP contribution < -0.4 is 10.6 Å². The number of halogens is 3. The van der Waals surface area contributed by atoms with Crippen LogP contribution in [0, 0.1) is 0 Å². The van der Waals surface area contributed by atoms with Crippen molar-refractivity contribution in [1.29, 1.82) is 0 Å². The lowest BCUT2D eigenvalue weighted by Gasteiger charge is -2.20. The van der Waals surface area contributed by atoms with Gasteiger partial charge in [-0.2, -0.15) is 13.2 Å².